The highest BCUT2D eigenvalue weighted by Crippen LogP contribution is 2.37. The summed E-state index contributed by atoms with van der Waals surface area (Å²) >= 11 is 6.58. The highest BCUT2D eigenvalue weighted by molar-refractivity contribution is 8.27. The van der Waals surface area contributed by atoms with E-state index in [1.807, 2.05) is 36.4 Å². The van der Waals surface area contributed by atoms with Crippen molar-refractivity contribution in [3.63, 3.8) is 0 Å². The van der Waals surface area contributed by atoms with E-state index in [2.05, 4.69) is 4.98 Å². The van der Waals surface area contributed by atoms with Crippen molar-refractivity contribution in [1.29, 1.82) is 0 Å². The molecular formula is C22H15FN2O2S2. The number of benzene rings is 2. The third-order valence-corrected chi connectivity index (χ3v) is 5.50. The number of thiocarbonyl (C=S) groups is 1. The molecule has 0 spiro atoms. The molecule has 0 aliphatic carbocycles. The maximum Gasteiger partial charge on any atom is 0.270 e. The second kappa shape index (κ2) is 8.55. The smallest absolute Gasteiger partial charge is 0.270 e. The Labute approximate surface area is 177 Å². The lowest BCUT2D eigenvalue weighted by atomic mass is 10.1. The normalized spacial score (nSPS) is 15.2. The van der Waals surface area contributed by atoms with Gasteiger partial charge in [-0.25, -0.2) is 4.39 Å². The quantitative estimate of drug-likeness (QED) is 0.417. The van der Waals surface area contributed by atoms with E-state index in [9.17, 15) is 9.18 Å². The van der Waals surface area contributed by atoms with Crippen molar-refractivity contribution in [3.8, 4) is 5.75 Å². The SMILES string of the molecule is O=C1/C(=C\c2ccccc2OCc2cccnc2)SC(=S)N1c1ccc(F)cc1. The first-order valence-electron chi connectivity index (χ1n) is 8.76. The van der Waals surface area contributed by atoms with Crippen molar-refractivity contribution in [2.45, 2.75) is 6.61 Å². The fourth-order valence-electron chi connectivity index (χ4n) is 2.80. The van der Waals surface area contributed by atoms with E-state index in [-0.39, 0.29) is 11.7 Å². The molecule has 1 aromatic heterocycles. The van der Waals surface area contributed by atoms with E-state index in [4.69, 9.17) is 17.0 Å². The number of para-hydroxylation sites is 1. The number of carbonyl (C=O) groups is 1. The van der Waals surface area contributed by atoms with Crippen LogP contribution in [0.15, 0.2) is 78.0 Å². The lowest BCUT2D eigenvalue weighted by Gasteiger charge is -2.14. The van der Waals surface area contributed by atoms with Gasteiger partial charge in [0.25, 0.3) is 5.91 Å². The zero-order valence-electron chi connectivity index (χ0n) is 15.1. The van der Waals surface area contributed by atoms with Crippen LogP contribution in [0, 0.1) is 5.82 Å². The predicted octanol–water partition coefficient (Wildman–Crippen LogP) is 5.21. The van der Waals surface area contributed by atoms with Crippen molar-refractivity contribution in [2.24, 2.45) is 0 Å². The predicted molar refractivity (Wildman–Crippen MR) is 117 cm³/mol. The van der Waals surface area contributed by atoms with Gasteiger partial charge in [-0.1, -0.05) is 48.2 Å². The van der Waals surface area contributed by atoms with Gasteiger partial charge in [-0.05, 0) is 42.5 Å². The molecule has 4 nitrogen and oxygen atoms in total. The van der Waals surface area contributed by atoms with Gasteiger partial charge < -0.3 is 4.74 Å². The number of halogens is 1. The summed E-state index contributed by atoms with van der Waals surface area (Å²) in [6, 6.07) is 16.9. The molecule has 0 unspecified atom stereocenters. The average molecular weight is 423 g/mol. The molecule has 0 saturated carbocycles. The molecule has 2 aromatic carbocycles. The van der Waals surface area contributed by atoms with Gasteiger partial charge in [0.05, 0.1) is 10.6 Å². The first-order chi connectivity index (χ1) is 14.1. The highest BCUT2D eigenvalue weighted by atomic mass is 32.2. The first-order valence-corrected chi connectivity index (χ1v) is 9.98. The van der Waals surface area contributed by atoms with Crippen molar-refractivity contribution >= 4 is 46.0 Å². The van der Waals surface area contributed by atoms with E-state index < -0.39 is 0 Å². The summed E-state index contributed by atoms with van der Waals surface area (Å²) in [6.45, 7) is 0.370. The molecule has 144 valence electrons. The van der Waals surface area contributed by atoms with Crippen LogP contribution < -0.4 is 9.64 Å². The number of pyridine rings is 1. The van der Waals surface area contributed by atoms with Crippen LogP contribution in [0.5, 0.6) is 5.75 Å². The zero-order chi connectivity index (χ0) is 20.2. The number of amides is 1. The van der Waals surface area contributed by atoms with E-state index in [1.54, 1.807) is 18.5 Å². The second-order valence-corrected chi connectivity index (χ2v) is 7.86. The van der Waals surface area contributed by atoms with Crippen LogP contribution in [0.25, 0.3) is 6.08 Å². The van der Waals surface area contributed by atoms with Crippen LogP contribution in [-0.2, 0) is 11.4 Å². The topological polar surface area (TPSA) is 42.4 Å². The van der Waals surface area contributed by atoms with Gasteiger partial charge in [0, 0.05) is 23.5 Å². The lowest BCUT2D eigenvalue weighted by Crippen LogP contribution is -2.27. The van der Waals surface area contributed by atoms with E-state index in [1.165, 1.54) is 40.9 Å². The van der Waals surface area contributed by atoms with Gasteiger partial charge in [-0.15, -0.1) is 0 Å². The summed E-state index contributed by atoms with van der Waals surface area (Å²) in [4.78, 5) is 18.9. The Morgan fingerprint density at radius 3 is 2.66 bits per heavy atom. The Morgan fingerprint density at radius 1 is 1.10 bits per heavy atom. The molecule has 7 heteroatoms. The van der Waals surface area contributed by atoms with E-state index in [0.717, 1.165) is 11.1 Å². The standard InChI is InChI=1S/C22H15FN2O2S2/c23-17-7-9-18(10-8-17)25-21(26)20(29-22(25)28)12-16-5-1-2-6-19(16)27-14-15-4-3-11-24-13-15/h1-13H,14H2/b20-12+. The molecule has 1 amide bonds. The molecule has 1 saturated heterocycles. The summed E-state index contributed by atoms with van der Waals surface area (Å²) in [5.74, 6) is 0.0477. The summed E-state index contributed by atoms with van der Waals surface area (Å²) in [7, 11) is 0. The van der Waals surface area contributed by atoms with Gasteiger partial charge in [0.15, 0.2) is 4.32 Å². The number of carbonyl (C=O) groups excluding carboxylic acids is 1. The van der Waals surface area contributed by atoms with Gasteiger partial charge in [-0.3, -0.25) is 14.7 Å². The Bertz CT molecular complexity index is 1090. The van der Waals surface area contributed by atoms with E-state index in [0.29, 0.717) is 27.3 Å². The van der Waals surface area contributed by atoms with Crippen LogP contribution in [-0.4, -0.2) is 15.2 Å². The third-order valence-electron chi connectivity index (χ3n) is 4.20. The highest BCUT2D eigenvalue weighted by Gasteiger charge is 2.33. The molecule has 29 heavy (non-hydrogen) atoms. The average Bonchev–Trinajstić information content (AvgIpc) is 3.02. The molecule has 0 radical (unpaired) electrons. The van der Waals surface area contributed by atoms with Crippen molar-refractivity contribution in [3.05, 3.63) is 94.9 Å². The molecular weight excluding hydrogens is 407 g/mol. The Morgan fingerprint density at radius 2 is 1.90 bits per heavy atom. The molecule has 1 fully saturated rings. The minimum absolute atomic E-state index is 0.242. The molecule has 3 aromatic rings. The summed E-state index contributed by atoms with van der Waals surface area (Å²) in [5, 5.41) is 0. The largest absolute Gasteiger partial charge is 0.488 e. The molecule has 0 bridgehead atoms. The molecule has 4 rings (SSSR count). The molecule has 1 aliphatic heterocycles. The summed E-state index contributed by atoms with van der Waals surface area (Å²) in [6.07, 6.45) is 5.22. The number of aromatic nitrogens is 1. The third kappa shape index (κ3) is 4.36. The van der Waals surface area contributed by atoms with Gasteiger partial charge in [-0.2, -0.15) is 0 Å². The van der Waals surface area contributed by atoms with Gasteiger partial charge in [0.2, 0.25) is 0 Å². The number of anilines is 1. The molecule has 1 aliphatic rings. The number of hydrogen-bond acceptors (Lipinski definition) is 5. The molecule has 0 atom stereocenters. The van der Waals surface area contributed by atoms with Gasteiger partial charge in [0.1, 0.15) is 18.2 Å². The van der Waals surface area contributed by atoms with E-state index >= 15 is 0 Å². The fraction of sp³-hybridized carbons (Fsp3) is 0.0455. The number of hydrogen-bond donors (Lipinski definition) is 0. The Hall–Kier alpha value is -3.03. The van der Waals surface area contributed by atoms with Crippen LogP contribution in [0.2, 0.25) is 0 Å². The number of rotatable bonds is 5. The minimum atomic E-state index is -0.366. The molecule has 0 N–H and O–H groups in total. The lowest BCUT2D eigenvalue weighted by molar-refractivity contribution is -0.113. The van der Waals surface area contributed by atoms with Crippen LogP contribution in [0.1, 0.15) is 11.1 Å². The van der Waals surface area contributed by atoms with Crippen LogP contribution in [0.3, 0.4) is 0 Å². The minimum Gasteiger partial charge on any atom is -0.488 e. The Balaban J connectivity index is 1.57. The maximum atomic E-state index is 13.2. The van der Waals surface area contributed by atoms with Crippen LogP contribution >= 0.6 is 24.0 Å². The first kappa shape index (κ1) is 19.3. The maximum absolute atomic E-state index is 13.2. The number of thioether (sulfide) groups is 1. The summed E-state index contributed by atoms with van der Waals surface area (Å²) in [5.41, 5.74) is 2.26. The zero-order valence-corrected chi connectivity index (χ0v) is 16.8. The Kier molecular flexibility index (Phi) is 5.69. The second-order valence-electron chi connectivity index (χ2n) is 6.18. The monoisotopic (exact) mass is 422 g/mol. The number of nitrogens with zero attached hydrogens (tertiary/aromatic N) is 2. The van der Waals surface area contributed by atoms with Crippen molar-refractivity contribution < 1.29 is 13.9 Å². The molecule has 2 heterocycles. The fourth-order valence-corrected chi connectivity index (χ4v) is 4.09. The van der Waals surface area contributed by atoms with Crippen molar-refractivity contribution in [2.75, 3.05) is 4.90 Å². The van der Waals surface area contributed by atoms with Crippen LogP contribution in [0.4, 0.5) is 10.1 Å². The van der Waals surface area contributed by atoms with Crippen molar-refractivity contribution in [1.82, 2.24) is 4.98 Å². The summed E-state index contributed by atoms with van der Waals surface area (Å²) < 4.78 is 19.5. The van der Waals surface area contributed by atoms with Gasteiger partial charge >= 0.3 is 0 Å². The number of ether oxygens (including phenoxy) is 1.